The van der Waals surface area contributed by atoms with Gasteiger partial charge in [-0.2, -0.15) is 4.98 Å². The second-order valence-electron chi connectivity index (χ2n) is 5.27. The fourth-order valence-electron chi connectivity index (χ4n) is 2.36. The summed E-state index contributed by atoms with van der Waals surface area (Å²) < 4.78 is 5.97. The fourth-order valence-corrected chi connectivity index (χ4v) is 2.49. The van der Waals surface area contributed by atoms with Crippen LogP contribution in [0.1, 0.15) is 25.5 Å². The third-order valence-corrected chi connectivity index (χ3v) is 3.64. The lowest BCUT2D eigenvalue weighted by Gasteiger charge is -2.40. The van der Waals surface area contributed by atoms with E-state index in [1.807, 2.05) is 38.1 Å². The van der Waals surface area contributed by atoms with Gasteiger partial charge in [0.1, 0.15) is 17.6 Å². The van der Waals surface area contributed by atoms with Crippen molar-refractivity contribution in [2.75, 3.05) is 11.1 Å². The highest BCUT2D eigenvalue weighted by Crippen LogP contribution is 2.43. The Morgan fingerprint density at radius 3 is 2.65 bits per heavy atom. The van der Waals surface area contributed by atoms with Crippen LogP contribution in [0.2, 0.25) is 5.02 Å². The van der Waals surface area contributed by atoms with E-state index in [1.165, 1.54) is 6.33 Å². The summed E-state index contributed by atoms with van der Waals surface area (Å²) in [5.41, 5.74) is 7.10. The zero-order valence-electron chi connectivity index (χ0n) is 11.2. The van der Waals surface area contributed by atoms with E-state index in [4.69, 9.17) is 22.1 Å². The zero-order chi connectivity index (χ0) is 14.3. The molecule has 0 saturated heterocycles. The first-order valence-electron chi connectivity index (χ1n) is 6.29. The SMILES string of the molecule is CC1(C)Oc2ncnc(N)c2NC1c1ccc(Cl)cc1. The van der Waals surface area contributed by atoms with Gasteiger partial charge in [-0.05, 0) is 31.5 Å². The quantitative estimate of drug-likeness (QED) is 0.844. The Morgan fingerprint density at radius 1 is 1.25 bits per heavy atom. The maximum absolute atomic E-state index is 5.97. The van der Waals surface area contributed by atoms with E-state index in [-0.39, 0.29) is 6.04 Å². The first kappa shape index (κ1) is 13.0. The van der Waals surface area contributed by atoms with E-state index in [1.54, 1.807) is 0 Å². The number of aromatic nitrogens is 2. The summed E-state index contributed by atoms with van der Waals surface area (Å²) in [5, 5.41) is 4.07. The van der Waals surface area contributed by atoms with Gasteiger partial charge in [-0.15, -0.1) is 0 Å². The van der Waals surface area contributed by atoms with Gasteiger partial charge < -0.3 is 15.8 Å². The Labute approximate surface area is 122 Å². The molecule has 1 aliphatic rings. The van der Waals surface area contributed by atoms with E-state index in [0.717, 1.165) is 5.56 Å². The van der Waals surface area contributed by atoms with Gasteiger partial charge in [-0.25, -0.2) is 4.98 Å². The molecule has 0 aliphatic carbocycles. The topological polar surface area (TPSA) is 73.1 Å². The number of hydrogen-bond acceptors (Lipinski definition) is 5. The predicted octanol–water partition coefficient (Wildman–Crippen LogP) is 3.04. The molecule has 2 heterocycles. The molecule has 1 unspecified atom stereocenters. The molecule has 5 nitrogen and oxygen atoms in total. The average Bonchev–Trinajstić information content (AvgIpc) is 2.39. The minimum absolute atomic E-state index is 0.0689. The second kappa shape index (κ2) is 4.52. The lowest BCUT2D eigenvalue weighted by molar-refractivity contribution is 0.0722. The van der Waals surface area contributed by atoms with Gasteiger partial charge >= 0.3 is 0 Å². The summed E-state index contributed by atoms with van der Waals surface area (Å²) in [6.07, 6.45) is 1.40. The molecule has 1 aromatic heterocycles. The Balaban J connectivity index is 2.04. The van der Waals surface area contributed by atoms with Crippen LogP contribution in [0.4, 0.5) is 11.5 Å². The maximum atomic E-state index is 5.97. The van der Waals surface area contributed by atoms with Gasteiger partial charge in [0.2, 0.25) is 5.88 Å². The number of nitrogens with zero attached hydrogens (tertiary/aromatic N) is 2. The van der Waals surface area contributed by atoms with Gasteiger partial charge in [-0.3, -0.25) is 0 Å². The van der Waals surface area contributed by atoms with Crippen molar-refractivity contribution in [3.63, 3.8) is 0 Å². The number of fused-ring (bicyclic) bond motifs is 1. The molecular weight excluding hydrogens is 276 g/mol. The summed E-state index contributed by atoms with van der Waals surface area (Å²) in [6.45, 7) is 4.00. The molecule has 3 rings (SSSR count). The summed E-state index contributed by atoms with van der Waals surface area (Å²) in [7, 11) is 0. The molecule has 1 aliphatic heterocycles. The highest BCUT2D eigenvalue weighted by Gasteiger charge is 2.39. The zero-order valence-corrected chi connectivity index (χ0v) is 12.0. The third-order valence-electron chi connectivity index (χ3n) is 3.39. The van der Waals surface area contributed by atoms with Crippen LogP contribution in [-0.2, 0) is 0 Å². The Morgan fingerprint density at radius 2 is 1.95 bits per heavy atom. The Hall–Kier alpha value is -2.01. The molecule has 3 N–H and O–H groups in total. The number of hydrogen-bond donors (Lipinski definition) is 2. The van der Waals surface area contributed by atoms with E-state index < -0.39 is 5.60 Å². The number of ether oxygens (including phenoxy) is 1. The molecular formula is C14H15ClN4O. The number of nitrogens with two attached hydrogens (primary N) is 1. The standard InChI is InChI=1S/C14H15ClN4O/c1-14(2)11(8-3-5-9(15)6-4-8)19-10-12(16)17-7-18-13(10)20-14/h3-7,11,19H,1-2H3,(H2,16,17,18). The van der Waals surface area contributed by atoms with Crippen molar-refractivity contribution < 1.29 is 4.74 Å². The smallest absolute Gasteiger partial charge is 0.243 e. The molecule has 1 atom stereocenters. The number of halogens is 1. The van der Waals surface area contributed by atoms with Gasteiger partial charge in [-0.1, -0.05) is 23.7 Å². The van der Waals surface area contributed by atoms with Gasteiger partial charge in [0.25, 0.3) is 0 Å². The van der Waals surface area contributed by atoms with Crippen molar-refractivity contribution in [1.29, 1.82) is 0 Å². The van der Waals surface area contributed by atoms with Crippen LogP contribution in [0.15, 0.2) is 30.6 Å². The summed E-state index contributed by atoms with van der Waals surface area (Å²) >= 11 is 5.94. The minimum Gasteiger partial charge on any atom is -0.467 e. The summed E-state index contributed by atoms with van der Waals surface area (Å²) in [6, 6.07) is 7.58. The fraction of sp³-hybridized carbons (Fsp3) is 0.286. The van der Waals surface area contributed by atoms with Crippen molar-refractivity contribution in [2.45, 2.75) is 25.5 Å². The monoisotopic (exact) mass is 290 g/mol. The minimum atomic E-state index is -0.471. The number of anilines is 2. The van der Waals surface area contributed by atoms with Crippen LogP contribution in [0.5, 0.6) is 5.88 Å². The molecule has 0 bridgehead atoms. The lowest BCUT2D eigenvalue weighted by Crippen LogP contribution is -2.44. The number of benzene rings is 1. The lowest BCUT2D eigenvalue weighted by atomic mass is 9.90. The van der Waals surface area contributed by atoms with Crippen LogP contribution in [0.25, 0.3) is 0 Å². The highest BCUT2D eigenvalue weighted by molar-refractivity contribution is 6.30. The average molecular weight is 291 g/mol. The molecule has 0 amide bonds. The van der Waals surface area contributed by atoms with Crippen molar-refractivity contribution in [3.8, 4) is 5.88 Å². The van der Waals surface area contributed by atoms with Gasteiger partial charge in [0, 0.05) is 5.02 Å². The molecule has 0 radical (unpaired) electrons. The van der Waals surface area contributed by atoms with E-state index >= 15 is 0 Å². The summed E-state index contributed by atoms with van der Waals surface area (Å²) in [5.74, 6) is 0.858. The Kier molecular flexibility index (Phi) is 2.94. The van der Waals surface area contributed by atoms with Crippen LogP contribution in [0, 0.1) is 0 Å². The van der Waals surface area contributed by atoms with Crippen molar-refractivity contribution in [2.24, 2.45) is 0 Å². The van der Waals surface area contributed by atoms with Gasteiger partial charge in [0.15, 0.2) is 5.82 Å². The Bertz CT molecular complexity index is 642. The van der Waals surface area contributed by atoms with Crippen molar-refractivity contribution >= 4 is 23.1 Å². The normalized spacial score (nSPS) is 19.6. The van der Waals surface area contributed by atoms with Gasteiger partial charge in [0.05, 0.1) is 6.04 Å². The van der Waals surface area contributed by atoms with Crippen molar-refractivity contribution in [3.05, 3.63) is 41.2 Å². The molecule has 2 aromatic rings. The molecule has 20 heavy (non-hydrogen) atoms. The summed E-state index contributed by atoms with van der Waals surface area (Å²) in [4.78, 5) is 8.11. The number of nitrogen functional groups attached to an aromatic ring is 1. The second-order valence-corrected chi connectivity index (χ2v) is 5.71. The molecule has 1 aromatic carbocycles. The van der Waals surface area contributed by atoms with E-state index in [0.29, 0.717) is 22.4 Å². The number of rotatable bonds is 1. The van der Waals surface area contributed by atoms with Crippen LogP contribution < -0.4 is 15.8 Å². The molecule has 0 fully saturated rings. The van der Waals surface area contributed by atoms with Crippen molar-refractivity contribution in [1.82, 2.24) is 9.97 Å². The van der Waals surface area contributed by atoms with E-state index in [9.17, 15) is 0 Å². The van der Waals surface area contributed by atoms with E-state index in [2.05, 4.69) is 15.3 Å². The highest BCUT2D eigenvalue weighted by atomic mass is 35.5. The number of nitrogens with one attached hydrogen (secondary N) is 1. The first-order valence-corrected chi connectivity index (χ1v) is 6.66. The molecule has 0 saturated carbocycles. The van der Waals surface area contributed by atoms with Crippen LogP contribution in [0.3, 0.4) is 0 Å². The predicted molar refractivity (Wildman–Crippen MR) is 79.0 cm³/mol. The van der Waals surface area contributed by atoms with Crippen LogP contribution >= 0.6 is 11.6 Å². The third kappa shape index (κ3) is 2.14. The first-order chi connectivity index (χ1) is 9.47. The van der Waals surface area contributed by atoms with Crippen LogP contribution in [-0.4, -0.2) is 15.6 Å². The molecule has 104 valence electrons. The molecule has 0 spiro atoms. The maximum Gasteiger partial charge on any atom is 0.243 e. The largest absolute Gasteiger partial charge is 0.467 e. The molecule has 6 heteroatoms.